The van der Waals surface area contributed by atoms with Crippen LogP contribution >= 0.6 is 7.82 Å². The average Bonchev–Trinajstić information content (AvgIpc) is 2.98. The van der Waals surface area contributed by atoms with Crippen LogP contribution in [0.2, 0.25) is 0 Å². The lowest BCUT2D eigenvalue weighted by Crippen LogP contribution is -2.34. The number of unbranched alkanes of at least 4 members (excludes halogenated alkanes) is 9. The van der Waals surface area contributed by atoms with Crippen molar-refractivity contribution < 1.29 is 42.7 Å². The van der Waals surface area contributed by atoms with E-state index in [-0.39, 0.29) is 29.6 Å². The van der Waals surface area contributed by atoms with Crippen LogP contribution in [0.25, 0.3) is 0 Å². The summed E-state index contributed by atoms with van der Waals surface area (Å²) in [6.45, 7) is 13.9. The van der Waals surface area contributed by atoms with Crippen LogP contribution in [0.15, 0.2) is 0 Å². The number of nitrogens with one attached hydrogen (secondary N) is 2. The van der Waals surface area contributed by atoms with Crippen molar-refractivity contribution in [3.8, 4) is 0 Å². The third kappa shape index (κ3) is 29.1. The molecule has 0 aliphatic carbocycles. The summed E-state index contributed by atoms with van der Waals surface area (Å²) in [6, 6.07) is 0. The minimum atomic E-state index is -4.33. The predicted molar refractivity (Wildman–Crippen MR) is 184 cm³/mol. The van der Waals surface area contributed by atoms with Gasteiger partial charge in [-0.2, -0.15) is 0 Å². The third-order valence-corrected chi connectivity index (χ3v) is 8.90. The molecule has 274 valence electrons. The molecule has 2 unspecified atom stereocenters. The first kappa shape index (κ1) is 44.9. The zero-order valence-electron chi connectivity index (χ0n) is 30.0. The van der Waals surface area contributed by atoms with Crippen molar-refractivity contribution in [2.45, 2.75) is 155 Å². The van der Waals surface area contributed by atoms with Gasteiger partial charge in [0, 0.05) is 46.3 Å². The highest BCUT2D eigenvalue weighted by Gasteiger charge is 2.27. The van der Waals surface area contributed by atoms with Crippen LogP contribution in [-0.4, -0.2) is 79.4 Å². The van der Waals surface area contributed by atoms with Gasteiger partial charge in [-0.3, -0.25) is 14.1 Å². The van der Waals surface area contributed by atoms with E-state index in [4.69, 9.17) is 24.0 Å². The Balaban J connectivity index is 3.63. The number of methoxy groups -OCH3 is 1. The Morgan fingerprint density at radius 3 is 1.80 bits per heavy atom. The maximum atomic E-state index is 12.1. The summed E-state index contributed by atoms with van der Waals surface area (Å²) in [5.74, 6) is 0.348. The highest BCUT2D eigenvalue weighted by molar-refractivity contribution is 7.46. The summed E-state index contributed by atoms with van der Waals surface area (Å²) in [5.41, 5.74) is -0.363. The molecule has 0 fully saturated rings. The summed E-state index contributed by atoms with van der Waals surface area (Å²) >= 11 is 0. The van der Waals surface area contributed by atoms with Crippen LogP contribution in [0, 0.1) is 5.92 Å². The van der Waals surface area contributed by atoms with Gasteiger partial charge in [-0.05, 0) is 71.6 Å². The molecule has 0 radical (unpaired) electrons. The van der Waals surface area contributed by atoms with E-state index in [2.05, 4.69) is 49.8 Å². The van der Waals surface area contributed by atoms with Gasteiger partial charge in [0.1, 0.15) is 0 Å². The molecular weight excluding hydrogens is 611 g/mol. The molecule has 0 spiro atoms. The average molecular weight is 681 g/mol. The summed E-state index contributed by atoms with van der Waals surface area (Å²) in [7, 11) is -2.59. The van der Waals surface area contributed by atoms with Gasteiger partial charge in [-0.15, -0.1) is 0 Å². The standard InChI is InChI=1S/C34H69N2O9P/c1-7-34(5,44-27-22-33(3,4)42-6)28-30(2)29-43-25-19-24-36-32(38)21-18-20-31(37)35-23-16-14-12-10-8-9-11-13-15-17-26-45-46(39,40)41/h30H,7-29H2,1-6H3,(H,35,37)(H,36,38)(H2,39,40,41). The Morgan fingerprint density at radius 2 is 1.28 bits per heavy atom. The number of phosphoric ester groups is 1. The fraction of sp³-hybridized carbons (Fsp3) is 0.941. The molecule has 0 aromatic heterocycles. The molecule has 4 N–H and O–H groups in total. The van der Waals surface area contributed by atoms with Crippen LogP contribution in [0.5, 0.6) is 0 Å². The van der Waals surface area contributed by atoms with Gasteiger partial charge in [-0.25, -0.2) is 4.57 Å². The van der Waals surface area contributed by atoms with E-state index in [0.717, 1.165) is 64.2 Å². The van der Waals surface area contributed by atoms with E-state index in [1.54, 1.807) is 7.11 Å². The van der Waals surface area contributed by atoms with E-state index < -0.39 is 7.82 Å². The molecule has 2 amide bonds. The van der Waals surface area contributed by atoms with E-state index >= 15 is 0 Å². The lowest BCUT2D eigenvalue weighted by molar-refractivity contribution is -0.122. The molecule has 0 aliphatic heterocycles. The van der Waals surface area contributed by atoms with Gasteiger partial charge >= 0.3 is 7.82 Å². The molecule has 0 saturated heterocycles. The second-order valence-corrected chi connectivity index (χ2v) is 14.8. The van der Waals surface area contributed by atoms with Crippen molar-refractivity contribution in [2.24, 2.45) is 5.92 Å². The Hall–Kier alpha value is -1.07. The smallest absolute Gasteiger partial charge is 0.381 e. The first-order chi connectivity index (χ1) is 21.7. The van der Waals surface area contributed by atoms with E-state index in [1.807, 2.05) is 0 Å². The molecule has 0 aromatic carbocycles. The molecule has 0 aliphatic rings. The molecule has 11 nitrogen and oxygen atoms in total. The van der Waals surface area contributed by atoms with Crippen LogP contribution in [0.3, 0.4) is 0 Å². The number of ether oxygens (including phenoxy) is 3. The second kappa shape index (κ2) is 26.8. The van der Waals surface area contributed by atoms with Crippen LogP contribution in [0.1, 0.15) is 144 Å². The summed E-state index contributed by atoms with van der Waals surface area (Å²) < 4.78 is 32.6. The van der Waals surface area contributed by atoms with E-state index in [9.17, 15) is 14.2 Å². The molecule has 0 bridgehead atoms. The highest BCUT2D eigenvalue weighted by atomic mass is 31.2. The van der Waals surface area contributed by atoms with Gasteiger partial charge < -0.3 is 34.6 Å². The Morgan fingerprint density at radius 1 is 0.761 bits per heavy atom. The van der Waals surface area contributed by atoms with Crippen molar-refractivity contribution in [1.82, 2.24) is 10.6 Å². The summed E-state index contributed by atoms with van der Waals surface area (Å²) in [6.07, 6.45) is 15.2. The second-order valence-electron chi connectivity index (χ2n) is 13.5. The van der Waals surface area contributed by atoms with Gasteiger partial charge in [0.05, 0.1) is 24.4 Å². The van der Waals surface area contributed by atoms with Crippen molar-refractivity contribution in [3.05, 3.63) is 0 Å². The number of phosphoric acid groups is 1. The molecular formula is C34H69N2O9P. The first-order valence-corrected chi connectivity index (χ1v) is 19.3. The van der Waals surface area contributed by atoms with Crippen LogP contribution in [0.4, 0.5) is 0 Å². The van der Waals surface area contributed by atoms with Crippen LogP contribution < -0.4 is 10.6 Å². The van der Waals surface area contributed by atoms with Gasteiger partial charge in [0.2, 0.25) is 11.8 Å². The normalized spacial score (nSPS) is 14.2. The molecule has 2 atom stereocenters. The summed E-state index contributed by atoms with van der Waals surface area (Å²) in [5, 5.41) is 5.87. The van der Waals surface area contributed by atoms with Gasteiger partial charge in [0.25, 0.3) is 0 Å². The Kier molecular flexibility index (Phi) is 26.2. The minimum Gasteiger partial charge on any atom is -0.381 e. The lowest BCUT2D eigenvalue weighted by Gasteiger charge is -2.33. The zero-order chi connectivity index (χ0) is 34.7. The van der Waals surface area contributed by atoms with E-state index in [0.29, 0.717) is 64.5 Å². The topological polar surface area (TPSA) is 153 Å². The number of hydrogen-bond donors (Lipinski definition) is 4. The number of hydrogen-bond acceptors (Lipinski definition) is 7. The third-order valence-electron chi connectivity index (χ3n) is 8.39. The van der Waals surface area contributed by atoms with Crippen molar-refractivity contribution in [1.29, 1.82) is 0 Å². The van der Waals surface area contributed by atoms with Crippen molar-refractivity contribution >= 4 is 19.6 Å². The summed E-state index contributed by atoms with van der Waals surface area (Å²) in [4.78, 5) is 41.4. The molecule has 46 heavy (non-hydrogen) atoms. The highest BCUT2D eigenvalue weighted by Crippen LogP contribution is 2.35. The number of carbonyl (C=O) groups excluding carboxylic acids is 2. The maximum absolute atomic E-state index is 12.1. The fourth-order valence-electron chi connectivity index (χ4n) is 5.07. The van der Waals surface area contributed by atoms with Crippen LogP contribution in [-0.2, 0) is 32.9 Å². The number of carbonyl (C=O) groups is 2. The quantitative estimate of drug-likeness (QED) is 0.0442. The Labute approximate surface area is 280 Å². The molecule has 0 saturated carbocycles. The van der Waals surface area contributed by atoms with Gasteiger partial charge in [-0.1, -0.05) is 65.2 Å². The Bertz CT molecular complexity index is 824. The predicted octanol–water partition coefficient (Wildman–Crippen LogP) is 6.83. The van der Waals surface area contributed by atoms with Crippen molar-refractivity contribution in [3.63, 3.8) is 0 Å². The number of amides is 2. The lowest BCUT2D eigenvalue weighted by atomic mass is 9.91. The minimum absolute atomic E-state index is 0.00454. The molecule has 12 heteroatoms. The first-order valence-electron chi connectivity index (χ1n) is 17.7. The van der Waals surface area contributed by atoms with Crippen molar-refractivity contribution in [2.75, 3.05) is 46.6 Å². The monoisotopic (exact) mass is 680 g/mol. The molecule has 0 aromatic rings. The van der Waals surface area contributed by atoms with E-state index in [1.165, 1.54) is 19.3 Å². The SMILES string of the molecule is CCC(C)(CC(C)COCCCNC(=O)CCCC(=O)NCCCCCCCCCCCCOP(=O)(O)O)OCCC(C)(C)OC. The number of rotatable bonds is 32. The fourth-order valence-corrected chi connectivity index (χ4v) is 5.44. The zero-order valence-corrected chi connectivity index (χ0v) is 30.9. The largest absolute Gasteiger partial charge is 0.469 e. The molecule has 0 heterocycles. The van der Waals surface area contributed by atoms with Gasteiger partial charge in [0.15, 0.2) is 0 Å². The molecule has 0 rings (SSSR count). The maximum Gasteiger partial charge on any atom is 0.469 e.